The number of carbonyl (C=O) groups is 1. The van der Waals surface area contributed by atoms with Gasteiger partial charge in [0.1, 0.15) is 18.3 Å². The third-order valence-corrected chi connectivity index (χ3v) is 7.41. The molecule has 0 aromatic heterocycles. The first kappa shape index (κ1) is 27.1. The summed E-state index contributed by atoms with van der Waals surface area (Å²) in [5.41, 5.74) is 2.31. The number of ether oxygens (including phenoxy) is 3. The van der Waals surface area contributed by atoms with Crippen LogP contribution in [0.15, 0.2) is 60.3 Å². The fourth-order valence-corrected chi connectivity index (χ4v) is 5.34. The van der Waals surface area contributed by atoms with Crippen LogP contribution in [0.1, 0.15) is 64.7 Å². The summed E-state index contributed by atoms with van der Waals surface area (Å²) >= 11 is 0. The van der Waals surface area contributed by atoms with Gasteiger partial charge in [-0.05, 0) is 70.6 Å². The summed E-state index contributed by atoms with van der Waals surface area (Å²) < 4.78 is 17.6. The van der Waals surface area contributed by atoms with Gasteiger partial charge in [0.15, 0.2) is 0 Å². The molecular formula is C30H41O6. The highest BCUT2D eigenvalue weighted by molar-refractivity contribution is 5.82. The molecule has 6 nitrogen and oxygen atoms in total. The minimum atomic E-state index is -0.948. The average molecular weight is 498 g/mol. The molecule has 4 aliphatic rings. The predicted molar refractivity (Wildman–Crippen MR) is 139 cm³/mol. The van der Waals surface area contributed by atoms with E-state index >= 15 is 0 Å². The lowest BCUT2D eigenvalue weighted by molar-refractivity contribution is -0.148. The van der Waals surface area contributed by atoms with Crippen molar-refractivity contribution in [3.8, 4) is 0 Å². The molecule has 6 heteroatoms. The topological polar surface area (TPSA) is 88.5 Å². The van der Waals surface area contributed by atoms with E-state index in [1.54, 1.807) is 12.2 Å². The molecule has 1 fully saturated rings. The Kier molecular flexibility index (Phi) is 9.77. The molecule has 36 heavy (non-hydrogen) atoms. The fourth-order valence-electron chi connectivity index (χ4n) is 5.34. The highest BCUT2D eigenvalue weighted by Crippen LogP contribution is 2.34. The number of epoxide rings is 1. The van der Waals surface area contributed by atoms with E-state index in [0.29, 0.717) is 25.2 Å². The summed E-state index contributed by atoms with van der Waals surface area (Å²) in [5.74, 6) is -0.123. The molecule has 0 spiro atoms. The summed E-state index contributed by atoms with van der Waals surface area (Å²) in [6, 6.07) is 0. The zero-order chi connectivity index (χ0) is 25.5. The number of fused-ring (bicyclic) bond motifs is 3. The van der Waals surface area contributed by atoms with Gasteiger partial charge in [-0.2, -0.15) is 0 Å². The van der Waals surface area contributed by atoms with E-state index in [2.05, 4.69) is 32.1 Å². The van der Waals surface area contributed by atoms with Crippen LogP contribution in [-0.2, 0) is 19.0 Å². The van der Waals surface area contributed by atoms with Crippen LogP contribution in [-0.4, -0.2) is 58.9 Å². The van der Waals surface area contributed by atoms with Gasteiger partial charge in [0.25, 0.3) is 0 Å². The normalized spacial score (nSPS) is 38.3. The number of rotatable bonds is 3. The molecule has 3 aliphatic heterocycles. The third kappa shape index (κ3) is 8.27. The minimum Gasteiger partial charge on any atom is -0.456 e. The van der Waals surface area contributed by atoms with E-state index in [1.165, 1.54) is 11.6 Å². The molecule has 3 heterocycles. The monoisotopic (exact) mass is 497 g/mol. The minimum absolute atomic E-state index is 0.0805. The standard InChI is InChI=1S/C30H41O6/c1-20-7-3-9-22(17-20)15-16-25(31)27-19-28-30(36-28)26(32)18-21(2)8-4-10-23-11-5-12-24(34-23)13-6-14-29(33)35-27/h4-7,12,14-16,22-28,30-32H,2-3,8-11,13,17-19H2,1H3/b14-6-,16-15+/t22?,23-,24+,25+,26+,27?,28+,30+/m1/s1. The van der Waals surface area contributed by atoms with Gasteiger partial charge < -0.3 is 24.4 Å². The Labute approximate surface area is 215 Å². The highest BCUT2D eigenvalue weighted by atomic mass is 16.6. The van der Waals surface area contributed by atoms with E-state index < -0.39 is 24.3 Å². The van der Waals surface area contributed by atoms with Crippen LogP contribution >= 0.6 is 0 Å². The zero-order valence-corrected chi connectivity index (χ0v) is 21.3. The molecule has 0 amide bonds. The van der Waals surface area contributed by atoms with Crippen molar-refractivity contribution in [3.63, 3.8) is 0 Å². The highest BCUT2D eigenvalue weighted by Gasteiger charge is 2.46. The van der Waals surface area contributed by atoms with E-state index in [0.717, 1.165) is 44.1 Å². The number of aliphatic hydroxyl groups is 2. The zero-order valence-electron chi connectivity index (χ0n) is 21.3. The van der Waals surface area contributed by atoms with Gasteiger partial charge in [0, 0.05) is 12.5 Å². The van der Waals surface area contributed by atoms with Crippen molar-refractivity contribution in [1.82, 2.24) is 0 Å². The average Bonchev–Trinajstić information content (AvgIpc) is 3.61. The van der Waals surface area contributed by atoms with E-state index in [-0.39, 0.29) is 24.4 Å². The van der Waals surface area contributed by atoms with E-state index in [9.17, 15) is 15.0 Å². The first-order chi connectivity index (χ1) is 17.4. The molecule has 0 aromatic carbocycles. The first-order valence-electron chi connectivity index (χ1n) is 13.4. The number of hydrogen-bond acceptors (Lipinski definition) is 6. The summed E-state index contributed by atoms with van der Waals surface area (Å²) in [5, 5.41) is 21.6. The molecule has 2 bridgehead atoms. The van der Waals surface area contributed by atoms with Gasteiger partial charge in [-0.3, -0.25) is 0 Å². The SMILES string of the molecule is C=C1C[CH]C[C@@H]2CC=C[C@@H](C/C=C\C(=O)OC([C@@H](O)/C=C/C3CCC=C(C)C3)C[C@@H]3O[C@H]3[C@@H](O)C1)O2. The Hall–Kier alpha value is -1.99. The molecule has 197 valence electrons. The van der Waals surface area contributed by atoms with Crippen LogP contribution in [0.4, 0.5) is 0 Å². The molecular weight excluding hydrogens is 456 g/mol. The lowest BCUT2D eigenvalue weighted by Crippen LogP contribution is -2.32. The van der Waals surface area contributed by atoms with Gasteiger partial charge in [-0.15, -0.1) is 0 Å². The Morgan fingerprint density at radius 2 is 2.03 bits per heavy atom. The second-order valence-electron chi connectivity index (χ2n) is 10.7. The maximum Gasteiger partial charge on any atom is 0.330 e. The van der Waals surface area contributed by atoms with Crippen LogP contribution < -0.4 is 0 Å². The van der Waals surface area contributed by atoms with Crippen LogP contribution in [0.3, 0.4) is 0 Å². The van der Waals surface area contributed by atoms with Crippen LogP contribution in [0.25, 0.3) is 0 Å². The third-order valence-electron chi connectivity index (χ3n) is 7.41. The summed E-state index contributed by atoms with van der Waals surface area (Å²) in [4.78, 5) is 12.6. The summed E-state index contributed by atoms with van der Waals surface area (Å²) in [6.45, 7) is 6.25. The lowest BCUT2D eigenvalue weighted by atomic mass is 9.89. The number of aliphatic hydroxyl groups excluding tert-OH is 2. The molecule has 0 saturated carbocycles. The number of allylic oxidation sites excluding steroid dienone is 3. The van der Waals surface area contributed by atoms with Crippen molar-refractivity contribution in [2.24, 2.45) is 5.92 Å². The number of carbonyl (C=O) groups excluding carboxylic acids is 1. The second-order valence-corrected chi connectivity index (χ2v) is 10.7. The smallest absolute Gasteiger partial charge is 0.330 e. The van der Waals surface area contributed by atoms with Crippen molar-refractivity contribution in [2.45, 2.75) is 107 Å². The molecule has 1 saturated heterocycles. The van der Waals surface area contributed by atoms with Crippen molar-refractivity contribution in [3.05, 3.63) is 66.7 Å². The van der Waals surface area contributed by atoms with Gasteiger partial charge in [-0.25, -0.2) is 4.79 Å². The molecule has 1 radical (unpaired) electrons. The van der Waals surface area contributed by atoms with Gasteiger partial charge in [0.05, 0.1) is 24.4 Å². The van der Waals surface area contributed by atoms with Gasteiger partial charge >= 0.3 is 5.97 Å². The number of esters is 1. The second kappa shape index (κ2) is 13.0. The van der Waals surface area contributed by atoms with E-state index in [4.69, 9.17) is 14.2 Å². The van der Waals surface area contributed by atoms with E-state index in [1.807, 2.05) is 12.2 Å². The quantitative estimate of drug-likeness (QED) is 0.334. The largest absolute Gasteiger partial charge is 0.456 e. The molecule has 2 unspecified atom stereocenters. The molecule has 1 aliphatic carbocycles. The van der Waals surface area contributed by atoms with Crippen LogP contribution in [0.5, 0.6) is 0 Å². The number of cyclic esters (lactones) is 1. The molecule has 4 rings (SSSR count). The molecule has 8 atom stereocenters. The Morgan fingerprint density at radius 3 is 2.86 bits per heavy atom. The lowest BCUT2D eigenvalue weighted by Gasteiger charge is -2.25. The fraction of sp³-hybridized carbons (Fsp3) is 0.600. The Balaban J connectivity index is 1.43. The van der Waals surface area contributed by atoms with Gasteiger partial charge in [-0.1, -0.05) is 54.2 Å². The first-order valence-corrected chi connectivity index (χ1v) is 13.4. The maximum absolute atomic E-state index is 12.6. The summed E-state index contributed by atoms with van der Waals surface area (Å²) in [6.07, 6.45) is 19.4. The Morgan fingerprint density at radius 1 is 1.17 bits per heavy atom. The summed E-state index contributed by atoms with van der Waals surface area (Å²) in [7, 11) is 0. The Bertz CT molecular complexity index is 886. The van der Waals surface area contributed by atoms with Gasteiger partial charge in [0.2, 0.25) is 0 Å². The van der Waals surface area contributed by atoms with Crippen LogP contribution in [0, 0.1) is 12.3 Å². The number of hydrogen-bond donors (Lipinski definition) is 2. The van der Waals surface area contributed by atoms with Crippen molar-refractivity contribution in [1.29, 1.82) is 0 Å². The predicted octanol–water partition coefficient (Wildman–Crippen LogP) is 4.68. The van der Waals surface area contributed by atoms with Crippen LogP contribution in [0.2, 0.25) is 0 Å². The molecule has 2 N–H and O–H groups in total. The van der Waals surface area contributed by atoms with Crippen molar-refractivity contribution < 1.29 is 29.2 Å². The maximum atomic E-state index is 12.6. The van der Waals surface area contributed by atoms with Crippen molar-refractivity contribution in [2.75, 3.05) is 0 Å². The van der Waals surface area contributed by atoms with Crippen molar-refractivity contribution >= 4 is 5.97 Å². The molecule has 0 aromatic rings.